The van der Waals surface area contributed by atoms with Crippen LogP contribution in [0.2, 0.25) is 0 Å². The van der Waals surface area contributed by atoms with Crippen molar-refractivity contribution in [1.82, 2.24) is 9.80 Å². The maximum absolute atomic E-state index is 13.0. The largest absolute Gasteiger partial charge is 0.337 e. The second kappa shape index (κ2) is 9.68. The van der Waals surface area contributed by atoms with Crippen LogP contribution in [0.15, 0.2) is 30.3 Å². The molecule has 0 saturated carbocycles. The summed E-state index contributed by atoms with van der Waals surface area (Å²) in [5.74, 6) is 0.240. The number of benzene rings is 1. The quantitative estimate of drug-likeness (QED) is 0.841. The zero-order chi connectivity index (χ0) is 16.5. The molecule has 1 aliphatic rings. The Balaban J connectivity index is 2.02. The van der Waals surface area contributed by atoms with Gasteiger partial charge in [0.15, 0.2) is 0 Å². The first-order valence-electron chi connectivity index (χ1n) is 8.99. The third-order valence-electron chi connectivity index (χ3n) is 4.71. The first kappa shape index (κ1) is 18.0. The van der Waals surface area contributed by atoms with Crippen LogP contribution in [0.3, 0.4) is 0 Å². The zero-order valence-electron chi connectivity index (χ0n) is 14.4. The van der Waals surface area contributed by atoms with Crippen molar-refractivity contribution in [3.05, 3.63) is 35.9 Å². The summed E-state index contributed by atoms with van der Waals surface area (Å²) < 4.78 is 0. The fourth-order valence-electron chi connectivity index (χ4n) is 3.26. The molecule has 1 aliphatic heterocycles. The number of nitrogens with zero attached hydrogens (tertiary/aromatic N) is 2. The Kier molecular flexibility index (Phi) is 7.56. The predicted molar refractivity (Wildman–Crippen MR) is 95.0 cm³/mol. The lowest BCUT2D eigenvalue weighted by atomic mass is 10.1. The highest BCUT2D eigenvalue weighted by atomic mass is 16.2. The molecular weight excluding hydrogens is 286 g/mol. The standard InChI is InChI=1S/C19H31N3O/c1-17(21-13-7-2-3-8-14-21)19(23)22(15-9-12-20)16-18-10-5-4-6-11-18/h4-6,10-11,17H,2-3,7-9,12-16,20H2,1H3. The molecule has 1 aromatic carbocycles. The van der Waals surface area contributed by atoms with Crippen LogP contribution in [0, 0.1) is 0 Å². The minimum Gasteiger partial charge on any atom is -0.337 e. The van der Waals surface area contributed by atoms with E-state index in [0.717, 1.165) is 26.1 Å². The van der Waals surface area contributed by atoms with E-state index in [-0.39, 0.29) is 11.9 Å². The van der Waals surface area contributed by atoms with Crippen molar-refractivity contribution < 1.29 is 4.79 Å². The van der Waals surface area contributed by atoms with Crippen LogP contribution < -0.4 is 5.73 Å². The fraction of sp³-hybridized carbons (Fsp3) is 0.632. The molecule has 1 aromatic rings. The highest BCUT2D eigenvalue weighted by Crippen LogP contribution is 2.15. The van der Waals surface area contributed by atoms with Crippen molar-refractivity contribution in [3.63, 3.8) is 0 Å². The Hall–Kier alpha value is -1.39. The number of carbonyl (C=O) groups is 1. The second-order valence-corrected chi connectivity index (χ2v) is 6.51. The molecule has 4 nitrogen and oxygen atoms in total. The Morgan fingerprint density at radius 3 is 2.43 bits per heavy atom. The summed E-state index contributed by atoms with van der Waals surface area (Å²) >= 11 is 0. The number of nitrogens with two attached hydrogens (primary N) is 1. The number of carbonyl (C=O) groups excluding carboxylic acids is 1. The van der Waals surface area contributed by atoms with Crippen molar-refractivity contribution in [2.75, 3.05) is 26.2 Å². The smallest absolute Gasteiger partial charge is 0.239 e. The molecule has 23 heavy (non-hydrogen) atoms. The Bertz CT molecular complexity index is 455. The summed E-state index contributed by atoms with van der Waals surface area (Å²) in [5, 5.41) is 0. The van der Waals surface area contributed by atoms with E-state index in [1.165, 1.54) is 31.2 Å². The molecule has 1 saturated heterocycles. The van der Waals surface area contributed by atoms with Gasteiger partial charge in [-0.05, 0) is 51.4 Å². The maximum atomic E-state index is 13.0. The lowest BCUT2D eigenvalue weighted by Gasteiger charge is -2.32. The third-order valence-corrected chi connectivity index (χ3v) is 4.71. The van der Waals surface area contributed by atoms with E-state index in [1.807, 2.05) is 23.1 Å². The first-order valence-corrected chi connectivity index (χ1v) is 8.99. The van der Waals surface area contributed by atoms with E-state index in [2.05, 4.69) is 24.0 Å². The van der Waals surface area contributed by atoms with Gasteiger partial charge in [0, 0.05) is 13.1 Å². The van der Waals surface area contributed by atoms with Crippen molar-refractivity contribution >= 4 is 5.91 Å². The van der Waals surface area contributed by atoms with Crippen LogP contribution in [0.4, 0.5) is 0 Å². The molecule has 0 radical (unpaired) electrons. The molecule has 1 amide bonds. The van der Waals surface area contributed by atoms with E-state index in [1.54, 1.807) is 0 Å². The Morgan fingerprint density at radius 1 is 1.17 bits per heavy atom. The van der Waals surface area contributed by atoms with Gasteiger partial charge in [-0.1, -0.05) is 43.2 Å². The van der Waals surface area contributed by atoms with Gasteiger partial charge in [0.1, 0.15) is 0 Å². The summed E-state index contributed by atoms with van der Waals surface area (Å²) in [6.07, 6.45) is 5.85. The van der Waals surface area contributed by atoms with Crippen LogP contribution in [0.25, 0.3) is 0 Å². The summed E-state index contributed by atoms with van der Waals surface area (Å²) in [7, 11) is 0. The lowest BCUT2D eigenvalue weighted by molar-refractivity contribution is -0.137. The monoisotopic (exact) mass is 317 g/mol. The number of hydrogen-bond donors (Lipinski definition) is 1. The zero-order valence-corrected chi connectivity index (χ0v) is 14.4. The minimum atomic E-state index is -0.0328. The topological polar surface area (TPSA) is 49.6 Å². The van der Waals surface area contributed by atoms with Gasteiger partial charge in [0.05, 0.1) is 6.04 Å². The normalized spacial score (nSPS) is 17.5. The molecule has 2 rings (SSSR count). The van der Waals surface area contributed by atoms with E-state index >= 15 is 0 Å². The van der Waals surface area contributed by atoms with E-state index in [9.17, 15) is 4.79 Å². The van der Waals surface area contributed by atoms with Gasteiger partial charge >= 0.3 is 0 Å². The molecule has 2 N–H and O–H groups in total. The number of rotatable bonds is 7. The Morgan fingerprint density at radius 2 is 1.83 bits per heavy atom. The van der Waals surface area contributed by atoms with Crippen LogP contribution in [-0.4, -0.2) is 47.9 Å². The molecule has 0 aliphatic carbocycles. The lowest BCUT2D eigenvalue weighted by Crippen LogP contribution is -2.47. The van der Waals surface area contributed by atoms with Gasteiger partial charge in [-0.3, -0.25) is 9.69 Å². The van der Waals surface area contributed by atoms with Crippen LogP contribution >= 0.6 is 0 Å². The van der Waals surface area contributed by atoms with Gasteiger partial charge in [-0.25, -0.2) is 0 Å². The Labute approximate surface area is 140 Å². The highest BCUT2D eigenvalue weighted by molar-refractivity contribution is 5.81. The first-order chi connectivity index (χ1) is 11.2. The van der Waals surface area contributed by atoms with E-state index < -0.39 is 0 Å². The van der Waals surface area contributed by atoms with Crippen LogP contribution in [0.1, 0.15) is 44.6 Å². The average molecular weight is 317 g/mol. The van der Waals surface area contributed by atoms with Gasteiger partial charge in [-0.15, -0.1) is 0 Å². The number of hydrogen-bond acceptors (Lipinski definition) is 3. The van der Waals surface area contributed by atoms with E-state index in [4.69, 9.17) is 5.73 Å². The van der Waals surface area contributed by atoms with Crippen LogP contribution in [0.5, 0.6) is 0 Å². The average Bonchev–Trinajstić information content (AvgIpc) is 2.87. The molecular formula is C19H31N3O. The molecule has 0 bridgehead atoms. The molecule has 0 aromatic heterocycles. The number of amides is 1. The van der Waals surface area contributed by atoms with Gasteiger partial charge in [-0.2, -0.15) is 0 Å². The summed E-state index contributed by atoms with van der Waals surface area (Å²) in [6.45, 7) is 6.19. The minimum absolute atomic E-state index is 0.0328. The molecule has 1 fully saturated rings. The molecule has 1 heterocycles. The summed E-state index contributed by atoms with van der Waals surface area (Å²) in [5.41, 5.74) is 6.84. The SMILES string of the molecule is CC(C(=O)N(CCCN)Cc1ccccc1)N1CCCCCC1. The fourth-order valence-corrected chi connectivity index (χ4v) is 3.26. The van der Waals surface area contributed by atoms with E-state index in [0.29, 0.717) is 13.1 Å². The molecule has 4 heteroatoms. The van der Waals surface area contributed by atoms with Crippen molar-refractivity contribution in [2.45, 2.75) is 51.6 Å². The third kappa shape index (κ3) is 5.63. The maximum Gasteiger partial charge on any atom is 0.239 e. The second-order valence-electron chi connectivity index (χ2n) is 6.51. The molecule has 1 atom stereocenters. The molecule has 0 spiro atoms. The van der Waals surface area contributed by atoms with Crippen LogP contribution in [-0.2, 0) is 11.3 Å². The summed E-state index contributed by atoms with van der Waals surface area (Å²) in [6, 6.07) is 10.2. The number of likely N-dealkylation sites (tertiary alicyclic amines) is 1. The van der Waals surface area contributed by atoms with Crippen molar-refractivity contribution in [2.24, 2.45) is 5.73 Å². The van der Waals surface area contributed by atoms with Crippen molar-refractivity contribution in [1.29, 1.82) is 0 Å². The summed E-state index contributed by atoms with van der Waals surface area (Å²) in [4.78, 5) is 17.3. The van der Waals surface area contributed by atoms with Gasteiger partial charge < -0.3 is 10.6 Å². The van der Waals surface area contributed by atoms with Gasteiger partial charge in [0.25, 0.3) is 0 Å². The highest BCUT2D eigenvalue weighted by Gasteiger charge is 2.26. The molecule has 128 valence electrons. The van der Waals surface area contributed by atoms with Crippen molar-refractivity contribution in [3.8, 4) is 0 Å². The van der Waals surface area contributed by atoms with Gasteiger partial charge in [0.2, 0.25) is 5.91 Å². The predicted octanol–water partition coefficient (Wildman–Crippen LogP) is 2.63. The molecule has 1 unspecified atom stereocenters.